The highest BCUT2D eigenvalue weighted by Crippen LogP contribution is 2.15. The molecular weight excluding hydrogens is 220 g/mol. The maximum absolute atomic E-state index is 11.5. The lowest BCUT2D eigenvalue weighted by atomic mass is 10.3. The van der Waals surface area contributed by atoms with E-state index in [4.69, 9.17) is 11.6 Å². The van der Waals surface area contributed by atoms with Crippen LogP contribution in [0.1, 0.15) is 17.5 Å². The SMILES string of the molecule is Cc1ncsc1CN(C)C(=O)C(C)Cl. The number of aromatic nitrogens is 1. The summed E-state index contributed by atoms with van der Waals surface area (Å²) in [5, 5.41) is -0.465. The molecule has 1 rings (SSSR count). The average Bonchev–Trinajstić information content (AvgIpc) is 2.50. The zero-order valence-corrected chi connectivity index (χ0v) is 10.0. The van der Waals surface area contributed by atoms with Crippen molar-refractivity contribution in [3.05, 3.63) is 16.1 Å². The standard InChI is InChI=1S/C9H13ClN2OS/c1-6(10)9(13)12(3)4-8-7(2)11-5-14-8/h5-6H,4H2,1-3H3. The van der Waals surface area contributed by atoms with Crippen LogP contribution in [-0.2, 0) is 11.3 Å². The highest BCUT2D eigenvalue weighted by Gasteiger charge is 2.16. The Morgan fingerprint density at radius 2 is 2.43 bits per heavy atom. The van der Waals surface area contributed by atoms with Crippen LogP contribution < -0.4 is 0 Å². The van der Waals surface area contributed by atoms with Gasteiger partial charge in [-0.15, -0.1) is 22.9 Å². The summed E-state index contributed by atoms with van der Waals surface area (Å²) >= 11 is 7.26. The summed E-state index contributed by atoms with van der Waals surface area (Å²) in [4.78, 5) is 18.3. The molecule has 0 aliphatic rings. The summed E-state index contributed by atoms with van der Waals surface area (Å²) in [7, 11) is 1.75. The van der Waals surface area contributed by atoms with Crippen molar-refractivity contribution >= 4 is 28.8 Å². The lowest BCUT2D eigenvalue weighted by Crippen LogP contribution is -2.31. The molecule has 1 aromatic rings. The Morgan fingerprint density at radius 3 is 2.86 bits per heavy atom. The van der Waals surface area contributed by atoms with E-state index in [1.165, 1.54) is 0 Å². The number of hydrogen-bond acceptors (Lipinski definition) is 3. The van der Waals surface area contributed by atoms with Gasteiger partial charge in [-0.2, -0.15) is 0 Å². The molecule has 0 radical (unpaired) electrons. The summed E-state index contributed by atoms with van der Waals surface area (Å²) in [5.41, 5.74) is 2.77. The normalized spacial score (nSPS) is 12.6. The van der Waals surface area contributed by atoms with Crippen LogP contribution in [0.25, 0.3) is 0 Å². The zero-order valence-electron chi connectivity index (χ0n) is 8.45. The van der Waals surface area contributed by atoms with Crippen LogP contribution in [0, 0.1) is 6.92 Å². The molecular formula is C9H13ClN2OS. The smallest absolute Gasteiger partial charge is 0.240 e. The first-order chi connectivity index (χ1) is 6.52. The maximum Gasteiger partial charge on any atom is 0.240 e. The van der Waals surface area contributed by atoms with Gasteiger partial charge in [-0.25, -0.2) is 4.98 Å². The Kier molecular flexibility index (Phi) is 3.89. The monoisotopic (exact) mass is 232 g/mol. The second kappa shape index (κ2) is 4.75. The van der Waals surface area contributed by atoms with Crippen molar-refractivity contribution in [2.24, 2.45) is 0 Å². The molecule has 78 valence electrons. The number of hydrogen-bond donors (Lipinski definition) is 0. The summed E-state index contributed by atoms with van der Waals surface area (Å²) < 4.78 is 0. The van der Waals surface area contributed by atoms with E-state index in [2.05, 4.69) is 4.98 Å². The molecule has 1 aromatic heterocycles. The summed E-state index contributed by atoms with van der Waals surface area (Å²) in [5.74, 6) is -0.0560. The molecule has 0 N–H and O–H groups in total. The van der Waals surface area contributed by atoms with Crippen molar-refractivity contribution in [1.29, 1.82) is 0 Å². The van der Waals surface area contributed by atoms with E-state index >= 15 is 0 Å². The summed E-state index contributed by atoms with van der Waals surface area (Å²) in [6.45, 7) is 4.21. The van der Waals surface area contributed by atoms with Gasteiger partial charge in [0, 0.05) is 11.9 Å². The number of thiazole rings is 1. The molecule has 1 amide bonds. The molecule has 1 atom stereocenters. The van der Waals surface area contributed by atoms with Gasteiger partial charge in [0.25, 0.3) is 0 Å². The van der Waals surface area contributed by atoms with Crippen LogP contribution in [0.3, 0.4) is 0 Å². The van der Waals surface area contributed by atoms with Crippen molar-refractivity contribution in [3.8, 4) is 0 Å². The quantitative estimate of drug-likeness (QED) is 0.748. The van der Waals surface area contributed by atoms with Crippen molar-refractivity contribution in [2.45, 2.75) is 25.8 Å². The number of amides is 1. The molecule has 0 aliphatic carbocycles. The van der Waals surface area contributed by atoms with Gasteiger partial charge < -0.3 is 4.90 Å². The molecule has 1 heterocycles. The van der Waals surface area contributed by atoms with Gasteiger partial charge in [-0.1, -0.05) is 0 Å². The third-order valence-electron chi connectivity index (χ3n) is 1.94. The van der Waals surface area contributed by atoms with Crippen LogP contribution in [0.2, 0.25) is 0 Å². The maximum atomic E-state index is 11.5. The van der Waals surface area contributed by atoms with E-state index in [0.29, 0.717) is 6.54 Å². The number of carbonyl (C=O) groups is 1. The Morgan fingerprint density at radius 1 is 1.79 bits per heavy atom. The summed E-state index contributed by atoms with van der Waals surface area (Å²) in [6.07, 6.45) is 0. The van der Waals surface area contributed by atoms with Crippen LogP contribution in [0.5, 0.6) is 0 Å². The van der Waals surface area contributed by atoms with E-state index in [-0.39, 0.29) is 5.91 Å². The van der Waals surface area contributed by atoms with E-state index in [1.807, 2.05) is 6.92 Å². The molecule has 0 aliphatic heterocycles. The minimum absolute atomic E-state index is 0.0560. The van der Waals surface area contributed by atoms with Gasteiger partial charge in [0.2, 0.25) is 5.91 Å². The van der Waals surface area contributed by atoms with Crippen LogP contribution in [-0.4, -0.2) is 28.2 Å². The second-order valence-corrected chi connectivity index (χ2v) is 4.77. The van der Waals surface area contributed by atoms with Crippen molar-refractivity contribution in [3.63, 3.8) is 0 Å². The number of carbonyl (C=O) groups excluding carboxylic acids is 1. The molecule has 0 saturated heterocycles. The number of aryl methyl sites for hydroxylation is 1. The predicted octanol–water partition coefficient (Wildman–Crippen LogP) is 2.04. The fraction of sp³-hybridized carbons (Fsp3) is 0.556. The van der Waals surface area contributed by atoms with Crippen LogP contribution >= 0.6 is 22.9 Å². The van der Waals surface area contributed by atoms with Gasteiger partial charge in [0.05, 0.1) is 17.7 Å². The number of nitrogens with zero attached hydrogens (tertiary/aromatic N) is 2. The minimum Gasteiger partial charge on any atom is -0.339 e. The highest BCUT2D eigenvalue weighted by molar-refractivity contribution is 7.09. The number of alkyl halides is 1. The molecule has 0 spiro atoms. The van der Waals surface area contributed by atoms with Gasteiger partial charge in [-0.05, 0) is 13.8 Å². The first-order valence-corrected chi connectivity index (χ1v) is 5.62. The third-order valence-corrected chi connectivity index (χ3v) is 3.05. The average molecular weight is 233 g/mol. The molecule has 5 heteroatoms. The lowest BCUT2D eigenvalue weighted by molar-refractivity contribution is -0.129. The Bertz CT molecular complexity index is 324. The third kappa shape index (κ3) is 2.69. The van der Waals surface area contributed by atoms with Crippen LogP contribution in [0.4, 0.5) is 0 Å². The Hall–Kier alpha value is -0.610. The van der Waals surface area contributed by atoms with E-state index < -0.39 is 5.38 Å². The fourth-order valence-electron chi connectivity index (χ4n) is 1.07. The highest BCUT2D eigenvalue weighted by atomic mass is 35.5. The van der Waals surface area contributed by atoms with E-state index in [1.54, 1.807) is 35.7 Å². The van der Waals surface area contributed by atoms with Crippen molar-refractivity contribution in [1.82, 2.24) is 9.88 Å². The first-order valence-electron chi connectivity index (χ1n) is 4.30. The summed E-state index contributed by atoms with van der Waals surface area (Å²) in [6, 6.07) is 0. The molecule has 14 heavy (non-hydrogen) atoms. The fourth-order valence-corrected chi connectivity index (χ4v) is 2.07. The second-order valence-electron chi connectivity index (χ2n) is 3.17. The molecule has 3 nitrogen and oxygen atoms in total. The van der Waals surface area contributed by atoms with Crippen molar-refractivity contribution in [2.75, 3.05) is 7.05 Å². The molecule has 0 aromatic carbocycles. The van der Waals surface area contributed by atoms with Crippen LogP contribution in [0.15, 0.2) is 5.51 Å². The first kappa shape index (κ1) is 11.5. The van der Waals surface area contributed by atoms with Gasteiger partial charge in [0.15, 0.2) is 0 Å². The lowest BCUT2D eigenvalue weighted by Gasteiger charge is -2.17. The topological polar surface area (TPSA) is 33.2 Å². The molecule has 0 bridgehead atoms. The number of rotatable bonds is 3. The zero-order chi connectivity index (χ0) is 10.7. The Labute approximate surface area is 92.7 Å². The molecule has 1 unspecified atom stereocenters. The van der Waals surface area contributed by atoms with E-state index in [9.17, 15) is 4.79 Å². The van der Waals surface area contributed by atoms with E-state index in [0.717, 1.165) is 10.6 Å². The Balaban J connectivity index is 2.62. The molecule has 0 saturated carbocycles. The number of halogens is 1. The molecule has 0 fully saturated rings. The van der Waals surface area contributed by atoms with Gasteiger partial charge in [-0.3, -0.25) is 4.79 Å². The van der Waals surface area contributed by atoms with Gasteiger partial charge >= 0.3 is 0 Å². The van der Waals surface area contributed by atoms with Crippen molar-refractivity contribution < 1.29 is 4.79 Å². The predicted molar refractivity (Wildman–Crippen MR) is 58.6 cm³/mol. The minimum atomic E-state index is -0.465. The van der Waals surface area contributed by atoms with Gasteiger partial charge in [0.1, 0.15) is 5.38 Å². The largest absolute Gasteiger partial charge is 0.339 e.